The molecule has 3 N–H and O–H groups in total. The van der Waals surface area contributed by atoms with Crippen LogP contribution in [-0.2, 0) is 14.3 Å². The number of ether oxygens (including phenoxy) is 3. The third-order valence-corrected chi connectivity index (χ3v) is 4.96. The molecule has 0 saturated heterocycles. The van der Waals surface area contributed by atoms with Crippen molar-refractivity contribution in [2.45, 2.75) is 19.9 Å². The number of carbonyl (C=O) groups excluding carboxylic acids is 4. The van der Waals surface area contributed by atoms with Crippen LogP contribution in [0, 0.1) is 5.92 Å². The van der Waals surface area contributed by atoms with E-state index in [1.54, 1.807) is 38.1 Å². The number of methoxy groups -OCH3 is 2. The summed E-state index contributed by atoms with van der Waals surface area (Å²) in [5, 5.41) is 2.80. The van der Waals surface area contributed by atoms with E-state index in [-0.39, 0.29) is 22.1 Å². The number of carbonyl (C=O) groups is 4. The lowest BCUT2D eigenvalue weighted by Gasteiger charge is -2.21. The molecule has 0 saturated carbocycles. The monoisotopic (exact) mass is 491 g/mol. The second-order valence-corrected chi connectivity index (χ2v) is 7.76. The van der Waals surface area contributed by atoms with E-state index in [1.807, 2.05) is 0 Å². The summed E-state index contributed by atoms with van der Waals surface area (Å²) in [6.45, 7) is 2.75. The third-order valence-electron chi connectivity index (χ3n) is 4.63. The van der Waals surface area contributed by atoms with Crippen molar-refractivity contribution in [1.29, 1.82) is 0 Å². The molecule has 0 fully saturated rings. The van der Waals surface area contributed by atoms with Crippen molar-refractivity contribution in [3.8, 4) is 11.5 Å². The van der Waals surface area contributed by atoms with E-state index in [0.29, 0.717) is 11.5 Å². The lowest BCUT2D eigenvalue weighted by atomic mass is 10.0. The van der Waals surface area contributed by atoms with E-state index in [1.165, 1.54) is 32.4 Å². The van der Waals surface area contributed by atoms with Gasteiger partial charge < -0.3 is 19.5 Å². The summed E-state index contributed by atoms with van der Waals surface area (Å²) >= 11 is 6.02. The summed E-state index contributed by atoms with van der Waals surface area (Å²) in [7, 11) is 2.89. The highest BCUT2D eigenvalue weighted by Crippen LogP contribution is 2.27. The molecule has 0 heterocycles. The average molecular weight is 492 g/mol. The molecule has 0 bridgehead atoms. The molecule has 0 unspecified atom stereocenters. The quantitative estimate of drug-likeness (QED) is 0.361. The van der Waals surface area contributed by atoms with Gasteiger partial charge in [0.25, 0.3) is 17.7 Å². The fraction of sp³-hybridized carbons (Fsp3) is 0.304. The van der Waals surface area contributed by atoms with Crippen molar-refractivity contribution < 1.29 is 33.4 Å². The fourth-order valence-corrected chi connectivity index (χ4v) is 3.02. The fourth-order valence-electron chi connectivity index (χ4n) is 2.80. The van der Waals surface area contributed by atoms with Crippen molar-refractivity contribution in [3.63, 3.8) is 0 Å². The summed E-state index contributed by atoms with van der Waals surface area (Å²) < 4.78 is 15.3. The Morgan fingerprint density at radius 2 is 1.59 bits per heavy atom. The molecule has 2 rings (SSSR count). The maximum absolute atomic E-state index is 12.5. The van der Waals surface area contributed by atoms with Crippen molar-refractivity contribution in [2.75, 3.05) is 20.8 Å². The molecule has 34 heavy (non-hydrogen) atoms. The normalized spacial score (nSPS) is 11.2. The number of benzene rings is 2. The Bertz CT molecular complexity index is 1060. The van der Waals surface area contributed by atoms with Crippen molar-refractivity contribution in [2.24, 2.45) is 5.92 Å². The van der Waals surface area contributed by atoms with E-state index >= 15 is 0 Å². The highest BCUT2D eigenvalue weighted by molar-refractivity contribution is 6.33. The van der Waals surface area contributed by atoms with Crippen LogP contribution in [-0.4, -0.2) is 50.6 Å². The van der Waals surface area contributed by atoms with Crippen LogP contribution in [0.1, 0.15) is 34.6 Å². The lowest BCUT2D eigenvalue weighted by molar-refractivity contribution is -0.151. The van der Waals surface area contributed by atoms with Gasteiger partial charge in [0.05, 0.1) is 24.8 Å². The van der Waals surface area contributed by atoms with Crippen LogP contribution in [0.2, 0.25) is 5.02 Å². The predicted octanol–water partition coefficient (Wildman–Crippen LogP) is 2.12. The largest absolute Gasteiger partial charge is 0.493 e. The summed E-state index contributed by atoms with van der Waals surface area (Å²) in [5.41, 5.74) is 4.78. The van der Waals surface area contributed by atoms with E-state index < -0.39 is 36.3 Å². The molecule has 182 valence electrons. The van der Waals surface area contributed by atoms with Crippen LogP contribution in [0.15, 0.2) is 42.5 Å². The highest BCUT2D eigenvalue weighted by atomic mass is 35.5. The maximum atomic E-state index is 12.5. The molecule has 0 aromatic heterocycles. The number of hydrogen-bond acceptors (Lipinski definition) is 7. The summed E-state index contributed by atoms with van der Waals surface area (Å²) in [5.74, 6) is -2.29. The first kappa shape index (κ1) is 26.5. The molecular formula is C23H26ClN3O7. The summed E-state index contributed by atoms with van der Waals surface area (Å²) in [4.78, 5) is 49.2. The number of amides is 3. The van der Waals surface area contributed by atoms with Gasteiger partial charge in [0.2, 0.25) is 0 Å². The van der Waals surface area contributed by atoms with Gasteiger partial charge >= 0.3 is 5.97 Å². The van der Waals surface area contributed by atoms with Crippen molar-refractivity contribution >= 4 is 35.3 Å². The molecule has 10 nitrogen and oxygen atoms in total. The van der Waals surface area contributed by atoms with Gasteiger partial charge in [-0.2, -0.15) is 0 Å². The van der Waals surface area contributed by atoms with Gasteiger partial charge in [-0.05, 0) is 36.2 Å². The third kappa shape index (κ3) is 7.11. The van der Waals surface area contributed by atoms with Crippen LogP contribution in [0.3, 0.4) is 0 Å². The Morgan fingerprint density at radius 3 is 2.21 bits per heavy atom. The number of nitrogens with one attached hydrogen (secondary N) is 3. The van der Waals surface area contributed by atoms with Crippen LogP contribution in [0.25, 0.3) is 0 Å². The Labute approximate surface area is 201 Å². The number of halogens is 1. The van der Waals surface area contributed by atoms with Gasteiger partial charge in [-0.1, -0.05) is 37.6 Å². The standard InChI is InChI=1S/C23H26ClN3O7/c1-13(2)20(25-22(30)15-7-5-6-8-16(15)24)23(31)34-12-19(28)26-27-21(29)14-9-10-17(32-3)18(11-14)33-4/h5-11,13,20H,12H2,1-4H3,(H,25,30)(H,26,28)(H,27,29)/t20-/m0/s1. The second kappa shape index (κ2) is 12.4. The molecule has 1 atom stereocenters. The van der Waals surface area contributed by atoms with Gasteiger partial charge in [0.1, 0.15) is 6.04 Å². The first-order valence-corrected chi connectivity index (χ1v) is 10.6. The molecule has 2 aromatic carbocycles. The Morgan fingerprint density at radius 1 is 0.912 bits per heavy atom. The molecule has 0 aliphatic carbocycles. The number of hydrogen-bond donors (Lipinski definition) is 3. The maximum Gasteiger partial charge on any atom is 0.329 e. The van der Waals surface area contributed by atoms with E-state index in [0.717, 1.165) is 0 Å². The molecule has 11 heteroatoms. The van der Waals surface area contributed by atoms with E-state index in [2.05, 4.69) is 16.2 Å². The molecular weight excluding hydrogens is 466 g/mol. The van der Waals surface area contributed by atoms with Crippen LogP contribution in [0.4, 0.5) is 0 Å². The Kier molecular flexibility index (Phi) is 9.69. The van der Waals surface area contributed by atoms with Gasteiger partial charge in [-0.3, -0.25) is 25.2 Å². The van der Waals surface area contributed by atoms with Gasteiger partial charge in [0.15, 0.2) is 18.1 Å². The van der Waals surface area contributed by atoms with Crippen LogP contribution < -0.4 is 25.6 Å². The first-order valence-electron chi connectivity index (χ1n) is 10.2. The number of hydrazine groups is 1. The zero-order valence-electron chi connectivity index (χ0n) is 19.1. The van der Waals surface area contributed by atoms with Gasteiger partial charge in [-0.15, -0.1) is 0 Å². The zero-order valence-corrected chi connectivity index (χ0v) is 19.9. The molecule has 0 spiro atoms. The summed E-state index contributed by atoms with van der Waals surface area (Å²) in [6, 6.07) is 9.85. The van der Waals surface area contributed by atoms with Gasteiger partial charge in [-0.25, -0.2) is 4.79 Å². The van der Waals surface area contributed by atoms with Crippen LogP contribution in [0.5, 0.6) is 11.5 Å². The minimum absolute atomic E-state index is 0.206. The zero-order chi connectivity index (χ0) is 25.3. The van der Waals surface area contributed by atoms with E-state index in [9.17, 15) is 19.2 Å². The second-order valence-electron chi connectivity index (χ2n) is 7.35. The minimum atomic E-state index is -1.02. The van der Waals surface area contributed by atoms with E-state index in [4.69, 9.17) is 25.8 Å². The molecule has 0 aliphatic heterocycles. The lowest BCUT2D eigenvalue weighted by Crippen LogP contribution is -2.47. The minimum Gasteiger partial charge on any atom is -0.493 e. The number of rotatable bonds is 9. The average Bonchev–Trinajstić information content (AvgIpc) is 2.83. The molecule has 0 radical (unpaired) electrons. The molecule has 0 aliphatic rings. The SMILES string of the molecule is COc1ccc(C(=O)NNC(=O)COC(=O)[C@@H](NC(=O)c2ccccc2Cl)C(C)C)cc1OC. The smallest absolute Gasteiger partial charge is 0.329 e. The van der Waals surface area contributed by atoms with Crippen LogP contribution >= 0.6 is 11.6 Å². The van der Waals surface area contributed by atoms with Gasteiger partial charge in [0, 0.05) is 5.56 Å². The molecule has 2 aromatic rings. The van der Waals surface area contributed by atoms with Crippen molar-refractivity contribution in [3.05, 3.63) is 58.6 Å². The predicted molar refractivity (Wildman–Crippen MR) is 124 cm³/mol. The first-order chi connectivity index (χ1) is 16.2. The highest BCUT2D eigenvalue weighted by Gasteiger charge is 2.27. The Balaban J connectivity index is 1.89. The van der Waals surface area contributed by atoms with Crippen molar-refractivity contribution in [1.82, 2.24) is 16.2 Å². The Hall–Kier alpha value is -3.79. The topological polar surface area (TPSA) is 132 Å². The number of esters is 1. The molecule has 3 amide bonds. The summed E-state index contributed by atoms with van der Waals surface area (Å²) in [6.07, 6.45) is 0.